The van der Waals surface area contributed by atoms with Crippen LogP contribution in [-0.4, -0.2) is 18.7 Å². The summed E-state index contributed by atoms with van der Waals surface area (Å²) >= 11 is 0. The summed E-state index contributed by atoms with van der Waals surface area (Å²) in [4.78, 5) is 23.0. The predicted molar refractivity (Wildman–Crippen MR) is 89.1 cm³/mol. The van der Waals surface area contributed by atoms with E-state index in [1.807, 2.05) is 26.0 Å². The van der Waals surface area contributed by atoms with Gasteiger partial charge < -0.3 is 14.2 Å². The van der Waals surface area contributed by atoms with Crippen molar-refractivity contribution in [2.24, 2.45) is 0 Å². The maximum atomic E-state index is 12.1. The third-order valence-electron chi connectivity index (χ3n) is 3.37. The molecule has 0 bridgehead atoms. The molecule has 0 aliphatic carbocycles. The number of aryl methyl sites for hydroxylation is 2. The molecule has 0 saturated carbocycles. The second-order valence-corrected chi connectivity index (χ2v) is 5.09. The molecular weight excluding hydrogens is 308 g/mol. The zero-order valence-electron chi connectivity index (χ0n) is 13.6. The number of esters is 2. The van der Waals surface area contributed by atoms with Crippen molar-refractivity contribution in [1.82, 2.24) is 0 Å². The standard InChI is InChI=1S/C19H18O5/c1-4-18(20)23-12-22-16-9-6-15(7-10-16)19(21)24-17-8-5-13(2)14(3)11-17/h4-11H,1,12H2,2-3H3. The average molecular weight is 326 g/mol. The zero-order chi connectivity index (χ0) is 17.5. The van der Waals surface area contributed by atoms with Gasteiger partial charge in [-0.25, -0.2) is 9.59 Å². The van der Waals surface area contributed by atoms with E-state index in [0.717, 1.165) is 17.2 Å². The molecule has 0 atom stereocenters. The molecule has 24 heavy (non-hydrogen) atoms. The number of benzene rings is 2. The normalized spacial score (nSPS) is 9.92. The van der Waals surface area contributed by atoms with Crippen LogP contribution in [0.5, 0.6) is 11.5 Å². The lowest BCUT2D eigenvalue weighted by Gasteiger charge is -2.08. The molecule has 0 amide bonds. The van der Waals surface area contributed by atoms with Crippen molar-refractivity contribution in [2.45, 2.75) is 13.8 Å². The Kier molecular flexibility index (Phi) is 5.73. The highest BCUT2D eigenvalue weighted by Gasteiger charge is 2.09. The van der Waals surface area contributed by atoms with Gasteiger partial charge >= 0.3 is 11.9 Å². The minimum absolute atomic E-state index is 0.225. The van der Waals surface area contributed by atoms with Crippen molar-refractivity contribution < 1.29 is 23.8 Å². The fourth-order valence-corrected chi connectivity index (χ4v) is 1.85. The highest BCUT2D eigenvalue weighted by Crippen LogP contribution is 2.19. The van der Waals surface area contributed by atoms with E-state index < -0.39 is 11.9 Å². The third-order valence-corrected chi connectivity index (χ3v) is 3.37. The molecule has 124 valence electrons. The molecular formula is C19H18O5. The van der Waals surface area contributed by atoms with Crippen LogP contribution in [0.2, 0.25) is 0 Å². The Hall–Kier alpha value is -3.08. The van der Waals surface area contributed by atoms with E-state index >= 15 is 0 Å². The van der Waals surface area contributed by atoms with Crippen molar-refractivity contribution in [1.29, 1.82) is 0 Å². The molecule has 0 aliphatic rings. The summed E-state index contributed by atoms with van der Waals surface area (Å²) in [6, 6.07) is 11.8. The molecule has 0 N–H and O–H groups in total. The number of hydrogen-bond donors (Lipinski definition) is 0. The first-order valence-electron chi connectivity index (χ1n) is 7.31. The Morgan fingerprint density at radius 3 is 2.29 bits per heavy atom. The van der Waals surface area contributed by atoms with E-state index in [9.17, 15) is 9.59 Å². The summed E-state index contributed by atoms with van der Waals surface area (Å²) < 4.78 is 15.3. The quantitative estimate of drug-likeness (QED) is 0.351. The molecule has 2 aromatic rings. The highest BCUT2D eigenvalue weighted by atomic mass is 16.7. The molecule has 0 unspecified atom stereocenters. The van der Waals surface area contributed by atoms with Gasteiger partial charge in [0.15, 0.2) is 0 Å². The van der Waals surface area contributed by atoms with Crippen molar-refractivity contribution >= 4 is 11.9 Å². The molecule has 0 saturated heterocycles. The van der Waals surface area contributed by atoms with Crippen molar-refractivity contribution in [2.75, 3.05) is 6.79 Å². The van der Waals surface area contributed by atoms with Crippen LogP contribution in [0.3, 0.4) is 0 Å². The van der Waals surface area contributed by atoms with Crippen molar-refractivity contribution in [3.8, 4) is 11.5 Å². The molecule has 5 nitrogen and oxygen atoms in total. The maximum Gasteiger partial charge on any atom is 0.343 e. The van der Waals surface area contributed by atoms with E-state index in [0.29, 0.717) is 17.1 Å². The molecule has 0 fully saturated rings. The smallest absolute Gasteiger partial charge is 0.343 e. The first-order valence-corrected chi connectivity index (χ1v) is 7.31. The van der Waals surface area contributed by atoms with Gasteiger partial charge in [-0.3, -0.25) is 0 Å². The van der Waals surface area contributed by atoms with Gasteiger partial charge in [0, 0.05) is 6.08 Å². The first kappa shape index (κ1) is 17.3. The van der Waals surface area contributed by atoms with Crippen LogP contribution < -0.4 is 9.47 Å². The van der Waals surface area contributed by atoms with Gasteiger partial charge in [-0.2, -0.15) is 0 Å². The number of carbonyl (C=O) groups is 2. The van der Waals surface area contributed by atoms with E-state index in [-0.39, 0.29) is 6.79 Å². The predicted octanol–water partition coefficient (Wildman–Crippen LogP) is 3.59. The zero-order valence-corrected chi connectivity index (χ0v) is 13.6. The van der Waals surface area contributed by atoms with Crippen LogP contribution in [-0.2, 0) is 9.53 Å². The summed E-state index contributed by atoms with van der Waals surface area (Å²) in [5, 5.41) is 0. The fraction of sp³-hybridized carbons (Fsp3) is 0.158. The van der Waals surface area contributed by atoms with E-state index in [1.165, 1.54) is 0 Å². The average Bonchev–Trinajstić information content (AvgIpc) is 2.58. The fourth-order valence-electron chi connectivity index (χ4n) is 1.85. The lowest BCUT2D eigenvalue weighted by atomic mass is 10.1. The number of carbonyl (C=O) groups excluding carboxylic acids is 2. The van der Waals surface area contributed by atoms with Crippen LogP contribution in [0.4, 0.5) is 0 Å². The van der Waals surface area contributed by atoms with Gasteiger partial charge in [0.1, 0.15) is 11.5 Å². The van der Waals surface area contributed by atoms with E-state index in [2.05, 4.69) is 6.58 Å². The monoisotopic (exact) mass is 326 g/mol. The van der Waals surface area contributed by atoms with Crippen LogP contribution in [0, 0.1) is 13.8 Å². The van der Waals surface area contributed by atoms with Crippen molar-refractivity contribution in [3.63, 3.8) is 0 Å². The lowest BCUT2D eigenvalue weighted by Crippen LogP contribution is -2.09. The Morgan fingerprint density at radius 1 is 1.00 bits per heavy atom. The lowest BCUT2D eigenvalue weighted by molar-refractivity contribution is -0.144. The Bertz CT molecular complexity index is 747. The molecule has 0 radical (unpaired) electrons. The molecule has 2 rings (SSSR count). The minimum atomic E-state index is -0.566. The molecule has 5 heteroatoms. The first-order chi connectivity index (χ1) is 11.5. The maximum absolute atomic E-state index is 12.1. The van der Waals surface area contributed by atoms with Gasteiger partial charge in [0.2, 0.25) is 6.79 Å². The van der Waals surface area contributed by atoms with Gasteiger partial charge in [-0.1, -0.05) is 12.6 Å². The summed E-state index contributed by atoms with van der Waals surface area (Å²) in [5.74, 6) is -0.0548. The van der Waals surface area contributed by atoms with E-state index in [1.54, 1.807) is 30.3 Å². The van der Waals surface area contributed by atoms with Crippen LogP contribution in [0.1, 0.15) is 21.5 Å². The number of ether oxygens (including phenoxy) is 3. The molecule has 0 aliphatic heterocycles. The molecule has 0 heterocycles. The van der Waals surface area contributed by atoms with E-state index in [4.69, 9.17) is 14.2 Å². The SMILES string of the molecule is C=CC(=O)OCOc1ccc(C(=O)Oc2ccc(C)c(C)c2)cc1. The van der Waals surface area contributed by atoms with Gasteiger partial charge in [0.05, 0.1) is 5.56 Å². The van der Waals surface area contributed by atoms with Crippen LogP contribution >= 0.6 is 0 Å². The summed E-state index contributed by atoms with van der Waals surface area (Å²) in [6.07, 6.45) is 1.05. The Morgan fingerprint density at radius 2 is 1.67 bits per heavy atom. The third kappa shape index (κ3) is 4.71. The highest BCUT2D eigenvalue weighted by molar-refractivity contribution is 5.91. The summed E-state index contributed by atoms with van der Waals surface area (Å²) in [7, 11) is 0. The summed E-state index contributed by atoms with van der Waals surface area (Å²) in [6.45, 7) is 7.00. The second kappa shape index (κ2) is 7.97. The molecule has 0 aromatic heterocycles. The summed E-state index contributed by atoms with van der Waals surface area (Å²) in [5.41, 5.74) is 2.58. The number of rotatable bonds is 6. The largest absolute Gasteiger partial charge is 0.457 e. The van der Waals surface area contributed by atoms with Gasteiger partial charge in [0.25, 0.3) is 0 Å². The van der Waals surface area contributed by atoms with Crippen molar-refractivity contribution in [3.05, 3.63) is 71.8 Å². The van der Waals surface area contributed by atoms with Crippen LogP contribution in [0.25, 0.3) is 0 Å². The van der Waals surface area contributed by atoms with Crippen LogP contribution in [0.15, 0.2) is 55.1 Å². The Labute approximate surface area is 140 Å². The Balaban J connectivity index is 1.94. The second-order valence-electron chi connectivity index (χ2n) is 5.09. The van der Waals surface area contributed by atoms with Gasteiger partial charge in [-0.05, 0) is 61.4 Å². The van der Waals surface area contributed by atoms with Gasteiger partial charge in [-0.15, -0.1) is 0 Å². The topological polar surface area (TPSA) is 61.8 Å². The number of hydrogen-bond acceptors (Lipinski definition) is 5. The minimum Gasteiger partial charge on any atom is -0.457 e. The molecule has 0 spiro atoms. The molecule has 2 aromatic carbocycles.